The van der Waals surface area contributed by atoms with Gasteiger partial charge in [0.25, 0.3) is 0 Å². The largest absolute Gasteiger partial charge is 0.335 e. The number of likely N-dealkylation sites (tertiary alicyclic amines) is 1. The van der Waals surface area contributed by atoms with Crippen molar-refractivity contribution >= 4 is 29.3 Å². The Labute approximate surface area is 188 Å². The normalized spacial score (nSPS) is 17.4. The van der Waals surface area contributed by atoms with Crippen molar-refractivity contribution in [3.8, 4) is 0 Å². The van der Waals surface area contributed by atoms with E-state index >= 15 is 0 Å². The van der Waals surface area contributed by atoms with Crippen molar-refractivity contribution < 1.29 is 9.59 Å². The average Bonchev–Trinajstić information content (AvgIpc) is 3.32. The van der Waals surface area contributed by atoms with Gasteiger partial charge < -0.3 is 14.8 Å². The van der Waals surface area contributed by atoms with Crippen LogP contribution in [0.4, 0.5) is 5.69 Å². The number of carbonyl (C=O) groups excluding carboxylic acids is 2. The smallest absolute Gasteiger partial charge is 0.237 e. The minimum Gasteiger partial charge on any atom is -0.335 e. The molecular formula is C23H31N5O2S. The van der Waals surface area contributed by atoms with Crippen LogP contribution < -0.4 is 5.32 Å². The zero-order chi connectivity index (χ0) is 21.8. The van der Waals surface area contributed by atoms with E-state index in [1.807, 2.05) is 29.4 Å². The van der Waals surface area contributed by atoms with Crippen LogP contribution in [-0.2, 0) is 35.5 Å². The minimum absolute atomic E-state index is 0.0437. The monoisotopic (exact) mass is 441 g/mol. The molecular weight excluding hydrogens is 410 g/mol. The molecule has 7 nitrogen and oxygen atoms in total. The SMILES string of the molecule is CCn1c(CN2CCCCCC2=O)nnc1S[C@H](C)C(=O)Nc1ccc2c(c1)CCC2. The predicted molar refractivity (Wildman–Crippen MR) is 122 cm³/mol. The lowest BCUT2D eigenvalue weighted by molar-refractivity contribution is -0.131. The summed E-state index contributed by atoms with van der Waals surface area (Å²) in [5, 5.41) is 12.1. The number of hydrogen-bond donors (Lipinski definition) is 1. The molecule has 2 aromatic rings. The van der Waals surface area contributed by atoms with Gasteiger partial charge in [0.15, 0.2) is 11.0 Å². The van der Waals surface area contributed by atoms with E-state index in [-0.39, 0.29) is 17.1 Å². The number of rotatable bonds is 7. The topological polar surface area (TPSA) is 80.1 Å². The van der Waals surface area contributed by atoms with Gasteiger partial charge in [-0.1, -0.05) is 24.2 Å². The Hall–Kier alpha value is -2.35. The summed E-state index contributed by atoms with van der Waals surface area (Å²) in [5.74, 6) is 0.934. The van der Waals surface area contributed by atoms with E-state index in [4.69, 9.17) is 0 Å². The Kier molecular flexibility index (Phi) is 6.95. The maximum Gasteiger partial charge on any atom is 0.237 e. The fraction of sp³-hybridized carbons (Fsp3) is 0.565. The van der Waals surface area contributed by atoms with Gasteiger partial charge in [0.1, 0.15) is 0 Å². The molecule has 0 radical (unpaired) electrons. The number of anilines is 1. The highest BCUT2D eigenvalue weighted by atomic mass is 32.2. The molecule has 1 aromatic heterocycles. The molecule has 1 N–H and O–H groups in total. The first kappa shape index (κ1) is 21.9. The van der Waals surface area contributed by atoms with Crippen LogP contribution in [0.15, 0.2) is 23.4 Å². The second kappa shape index (κ2) is 9.85. The third kappa shape index (κ3) is 5.11. The van der Waals surface area contributed by atoms with Crippen LogP contribution in [0.1, 0.15) is 62.9 Å². The molecule has 0 unspecified atom stereocenters. The number of thioether (sulfide) groups is 1. The first-order chi connectivity index (χ1) is 15.0. The summed E-state index contributed by atoms with van der Waals surface area (Å²) in [7, 11) is 0. The zero-order valence-corrected chi connectivity index (χ0v) is 19.2. The van der Waals surface area contributed by atoms with Gasteiger partial charge in [-0.15, -0.1) is 10.2 Å². The van der Waals surface area contributed by atoms with Crippen molar-refractivity contribution in [3.05, 3.63) is 35.2 Å². The molecule has 1 aliphatic carbocycles. The van der Waals surface area contributed by atoms with Gasteiger partial charge in [-0.25, -0.2) is 0 Å². The molecule has 1 saturated heterocycles. The van der Waals surface area contributed by atoms with Crippen molar-refractivity contribution in [1.82, 2.24) is 19.7 Å². The first-order valence-electron chi connectivity index (χ1n) is 11.3. The maximum atomic E-state index is 12.8. The zero-order valence-electron chi connectivity index (χ0n) is 18.4. The molecule has 31 heavy (non-hydrogen) atoms. The van der Waals surface area contributed by atoms with Gasteiger partial charge in [-0.05, 0) is 69.2 Å². The highest BCUT2D eigenvalue weighted by Crippen LogP contribution is 2.27. The lowest BCUT2D eigenvalue weighted by atomic mass is 10.1. The second-order valence-corrected chi connectivity index (χ2v) is 9.66. The van der Waals surface area contributed by atoms with E-state index in [0.29, 0.717) is 19.5 Å². The second-order valence-electron chi connectivity index (χ2n) is 8.36. The molecule has 166 valence electrons. The van der Waals surface area contributed by atoms with Gasteiger partial charge in [0.2, 0.25) is 11.8 Å². The van der Waals surface area contributed by atoms with Gasteiger partial charge in [-0.3, -0.25) is 9.59 Å². The van der Waals surface area contributed by atoms with Crippen LogP contribution in [0.2, 0.25) is 0 Å². The third-order valence-corrected chi connectivity index (χ3v) is 7.21. The molecule has 1 atom stereocenters. The van der Waals surface area contributed by atoms with E-state index in [1.165, 1.54) is 29.3 Å². The Balaban J connectivity index is 1.40. The molecule has 0 bridgehead atoms. The lowest BCUT2D eigenvalue weighted by Crippen LogP contribution is -2.31. The molecule has 1 aliphatic heterocycles. The summed E-state index contributed by atoms with van der Waals surface area (Å²) in [6, 6.07) is 6.21. The molecule has 4 rings (SSSR count). The number of aryl methyl sites for hydroxylation is 2. The fourth-order valence-electron chi connectivity index (χ4n) is 4.32. The molecule has 1 aromatic carbocycles. The van der Waals surface area contributed by atoms with E-state index in [2.05, 4.69) is 27.6 Å². The molecule has 2 aliphatic rings. The molecule has 2 amide bonds. The van der Waals surface area contributed by atoms with Crippen LogP contribution in [0.3, 0.4) is 0 Å². The minimum atomic E-state index is -0.310. The number of amides is 2. The molecule has 8 heteroatoms. The van der Waals surface area contributed by atoms with E-state index in [1.54, 1.807) is 0 Å². The van der Waals surface area contributed by atoms with Crippen molar-refractivity contribution in [2.45, 2.75) is 82.3 Å². The molecule has 0 saturated carbocycles. The first-order valence-corrected chi connectivity index (χ1v) is 12.2. The Morgan fingerprint density at radius 2 is 1.97 bits per heavy atom. The summed E-state index contributed by atoms with van der Waals surface area (Å²) in [5.41, 5.74) is 3.60. The molecule has 0 spiro atoms. The van der Waals surface area contributed by atoms with E-state index < -0.39 is 0 Å². The number of fused-ring (bicyclic) bond motifs is 1. The van der Waals surface area contributed by atoms with Crippen LogP contribution in [0.25, 0.3) is 0 Å². The van der Waals surface area contributed by atoms with Gasteiger partial charge >= 0.3 is 0 Å². The van der Waals surface area contributed by atoms with Crippen molar-refractivity contribution in [3.63, 3.8) is 0 Å². The molecule has 2 heterocycles. The van der Waals surface area contributed by atoms with Gasteiger partial charge in [0.05, 0.1) is 11.8 Å². The van der Waals surface area contributed by atoms with Gasteiger partial charge in [-0.2, -0.15) is 0 Å². The highest BCUT2D eigenvalue weighted by Gasteiger charge is 2.23. The lowest BCUT2D eigenvalue weighted by Gasteiger charge is -2.20. The highest BCUT2D eigenvalue weighted by molar-refractivity contribution is 8.00. The summed E-state index contributed by atoms with van der Waals surface area (Å²) in [6.07, 6.45) is 7.12. The van der Waals surface area contributed by atoms with Crippen LogP contribution in [0, 0.1) is 0 Å². The number of aromatic nitrogens is 3. The van der Waals surface area contributed by atoms with Crippen LogP contribution in [0.5, 0.6) is 0 Å². The number of hydrogen-bond acceptors (Lipinski definition) is 5. The van der Waals surface area contributed by atoms with E-state index in [0.717, 1.165) is 55.3 Å². The third-order valence-electron chi connectivity index (χ3n) is 6.13. The standard InChI is InChI=1S/C23H31N5O2S/c1-3-28-20(15-27-13-6-4-5-10-21(27)29)25-26-23(28)31-16(2)22(30)24-19-12-11-17-8-7-9-18(17)14-19/h11-12,14,16H,3-10,13,15H2,1-2H3,(H,24,30)/t16-/m1/s1. The predicted octanol–water partition coefficient (Wildman–Crippen LogP) is 3.81. The summed E-state index contributed by atoms with van der Waals surface area (Å²) in [6.45, 7) is 5.88. The average molecular weight is 442 g/mol. The number of nitrogens with zero attached hydrogens (tertiary/aromatic N) is 4. The maximum absolute atomic E-state index is 12.8. The van der Waals surface area contributed by atoms with E-state index in [9.17, 15) is 9.59 Å². The Morgan fingerprint density at radius 3 is 2.81 bits per heavy atom. The number of benzene rings is 1. The summed E-state index contributed by atoms with van der Waals surface area (Å²) >= 11 is 1.41. The fourth-order valence-corrected chi connectivity index (χ4v) is 5.25. The van der Waals surface area contributed by atoms with Crippen molar-refractivity contribution in [2.24, 2.45) is 0 Å². The Morgan fingerprint density at radius 1 is 1.13 bits per heavy atom. The summed E-state index contributed by atoms with van der Waals surface area (Å²) in [4.78, 5) is 27.0. The van der Waals surface area contributed by atoms with Crippen molar-refractivity contribution in [2.75, 3.05) is 11.9 Å². The molecule has 1 fully saturated rings. The number of carbonyl (C=O) groups is 2. The summed E-state index contributed by atoms with van der Waals surface area (Å²) < 4.78 is 2.02. The quantitative estimate of drug-likeness (QED) is 0.661. The van der Waals surface area contributed by atoms with Gasteiger partial charge in [0, 0.05) is 25.2 Å². The Bertz CT molecular complexity index is 957. The van der Waals surface area contributed by atoms with Crippen LogP contribution >= 0.6 is 11.8 Å². The van der Waals surface area contributed by atoms with Crippen LogP contribution in [-0.4, -0.2) is 43.3 Å². The van der Waals surface area contributed by atoms with Crippen molar-refractivity contribution in [1.29, 1.82) is 0 Å². The number of nitrogens with one attached hydrogen (secondary N) is 1.